The van der Waals surface area contributed by atoms with Gasteiger partial charge in [0.1, 0.15) is 0 Å². The summed E-state index contributed by atoms with van der Waals surface area (Å²) in [4.78, 5) is 17.3. The first-order chi connectivity index (χ1) is 14.4. The predicted octanol–water partition coefficient (Wildman–Crippen LogP) is 3.39. The third-order valence-electron chi connectivity index (χ3n) is 4.76. The lowest BCUT2D eigenvalue weighted by Gasteiger charge is -2.26. The second-order valence-electron chi connectivity index (χ2n) is 6.83. The molecule has 0 radical (unpaired) electrons. The Kier molecular flexibility index (Phi) is 5.96. The van der Waals surface area contributed by atoms with Crippen LogP contribution < -0.4 is 5.32 Å². The minimum Gasteiger partial charge on any atom is -0.379 e. The van der Waals surface area contributed by atoms with Crippen molar-refractivity contribution in [2.45, 2.75) is 11.8 Å². The van der Waals surface area contributed by atoms with Gasteiger partial charge in [0.2, 0.25) is 10.0 Å². The fourth-order valence-electron chi connectivity index (χ4n) is 3.17. The minimum atomic E-state index is -3.58. The van der Waals surface area contributed by atoms with Crippen LogP contribution in [0.5, 0.6) is 0 Å². The number of anilines is 1. The number of hydrogen-bond donors (Lipinski definition) is 1. The summed E-state index contributed by atoms with van der Waals surface area (Å²) in [5.74, 6) is -0.308. The van der Waals surface area contributed by atoms with Crippen molar-refractivity contribution in [1.29, 1.82) is 0 Å². The number of carbonyl (C=O) groups is 1. The molecule has 4 rings (SSSR count). The van der Waals surface area contributed by atoms with Crippen LogP contribution in [0.1, 0.15) is 15.4 Å². The molecule has 1 N–H and O–H groups in total. The van der Waals surface area contributed by atoms with E-state index in [-0.39, 0.29) is 10.8 Å². The zero-order valence-corrected chi connectivity index (χ0v) is 18.0. The van der Waals surface area contributed by atoms with Gasteiger partial charge in [-0.15, -0.1) is 11.3 Å². The molecule has 1 aliphatic heterocycles. The van der Waals surface area contributed by atoms with Crippen molar-refractivity contribution in [3.05, 3.63) is 64.5 Å². The molecule has 0 atom stereocenters. The van der Waals surface area contributed by atoms with Crippen LogP contribution in [0.15, 0.2) is 58.8 Å². The quantitative estimate of drug-likeness (QED) is 0.653. The number of ether oxygens (including phenoxy) is 1. The van der Waals surface area contributed by atoms with E-state index >= 15 is 0 Å². The first-order valence-electron chi connectivity index (χ1n) is 9.45. The second kappa shape index (κ2) is 8.65. The lowest BCUT2D eigenvalue weighted by Crippen LogP contribution is -2.40. The van der Waals surface area contributed by atoms with E-state index in [2.05, 4.69) is 10.3 Å². The molecule has 1 fully saturated rings. The number of hydrogen-bond acceptors (Lipinski definition) is 6. The van der Waals surface area contributed by atoms with Crippen LogP contribution in [0.25, 0.3) is 11.3 Å². The summed E-state index contributed by atoms with van der Waals surface area (Å²) in [5, 5.41) is 5.81. The number of sulfonamides is 1. The van der Waals surface area contributed by atoms with Gasteiger partial charge in [0.05, 0.1) is 28.8 Å². The van der Waals surface area contributed by atoms with Crippen LogP contribution >= 0.6 is 11.3 Å². The molecule has 30 heavy (non-hydrogen) atoms. The van der Waals surface area contributed by atoms with Gasteiger partial charge in [-0.05, 0) is 43.3 Å². The van der Waals surface area contributed by atoms with E-state index in [1.165, 1.54) is 28.6 Å². The topological polar surface area (TPSA) is 88.6 Å². The van der Waals surface area contributed by atoms with E-state index in [0.717, 1.165) is 16.3 Å². The van der Waals surface area contributed by atoms with Gasteiger partial charge in [-0.25, -0.2) is 13.4 Å². The number of amides is 1. The van der Waals surface area contributed by atoms with Gasteiger partial charge >= 0.3 is 0 Å². The Balaban J connectivity index is 1.48. The normalized spacial score (nSPS) is 15.1. The molecule has 0 aliphatic carbocycles. The highest BCUT2D eigenvalue weighted by Crippen LogP contribution is 2.25. The predicted molar refractivity (Wildman–Crippen MR) is 116 cm³/mol. The van der Waals surface area contributed by atoms with Crippen molar-refractivity contribution in [2.75, 3.05) is 31.6 Å². The highest BCUT2D eigenvalue weighted by molar-refractivity contribution is 7.89. The van der Waals surface area contributed by atoms with Crippen molar-refractivity contribution >= 4 is 33.0 Å². The lowest BCUT2D eigenvalue weighted by atomic mass is 10.1. The van der Waals surface area contributed by atoms with Gasteiger partial charge in [0, 0.05) is 35.3 Å². The molecule has 9 heteroatoms. The molecule has 7 nitrogen and oxygen atoms in total. The summed E-state index contributed by atoms with van der Waals surface area (Å²) < 4.78 is 32.0. The van der Waals surface area contributed by atoms with Crippen molar-refractivity contribution in [1.82, 2.24) is 9.29 Å². The van der Waals surface area contributed by atoms with Crippen molar-refractivity contribution in [3.63, 3.8) is 0 Å². The summed E-state index contributed by atoms with van der Waals surface area (Å²) in [5.41, 5.74) is 2.81. The SMILES string of the molecule is Cc1nc(-c2cccc(NC(=O)c3ccc(S(=O)(=O)N4CCOCC4)cc3)c2)cs1. The van der Waals surface area contributed by atoms with Gasteiger partial charge < -0.3 is 10.1 Å². The minimum absolute atomic E-state index is 0.168. The zero-order valence-electron chi connectivity index (χ0n) is 16.4. The number of benzene rings is 2. The van der Waals surface area contributed by atoms with Crippen LogP contribution in [-0.2, 0) is 14.8 Å². The van der Waals surface area contributed by atoms with Crippen molar-refractivity contribution in [3.8, 4) is 11.3 Å². The number of aromatic nitrogens is 1. The smallest absolute Gasteiger partial charge is 0.255 e. The molecule has 156 valence electrons. The molecule has 2 heterocycles. The zero-order chi connectivity index (χ0) is 21.1. The van der Waals surface area contributed by atoms with Gasteiger partial charge in [-0.1, -0.05) is 12.1 Å². The number of thiazole rings is 1. The average Bonchev–Trinajstić information content (AvgIpc) is 3.21. The number of aryl methyl sites for hydroxylation is 1. The standard InChI is InChI=1S/C21H21N3O4S2/c1-15-22-20(14-29-15)17-3-2-4-18(13-17)23-21(25)16-5-7-19(8-6-16)30(26,27)24-9-11-28-12-10-24/h2-8,13-14H,9-12H2,1H3,(H,23,25). The maximum atomic E-state index is 12.7. The molecule has 2 aromatic carbocycles. The largest absolute Gasteiger partial charge is 0.379 e. The molecule has 0 saturated carbocycles. The maximum Gasteiger partial charge on any atom is 0.255 e. The Morgan fingerprint density at radius 1 is 1.13 bits per heavy atom. The highest BCUT2D eigenvalue weighted by Gasteiger charge is 2.26. The third kappa shape index (κ3) is 4.44. The summed E-state index contributed by atoms with van der Waals surface area (Å²) in [6.45, 7) is 3.39. The van der Waals surface area contributed by atoms with Crippen LogP contribution in [0.4, 0.5) is 5.69 Å². The lowest BCUT2D eigenvalue weighted by molar-refractivity contribution is 0.0730. The monoisotopic (exact) mass is 443 g/mol. The molecule has 3 aromatic rings. The van der Waals surface area contributed by atoms with E-state index in [9.17, 15) is 13.2 Å². The Morgan fingerprint density at radius 2 is 1.87 bits per heavy atom. The van der Waals surface area contributed by atoms with Gasteiger partial charge in [-0.2, -0.15) is 4.31 Å². The van der Waals surface area contributed by atoms with Crippen LogP contribution in [-0.4, -0.2) is 49.9 Å². The van der Waals surface area contributed by atoms with Gasteiger partial charge in [0.25, 0.3) is 5.91 Å². The molecule has 1 aromatic heterocycles. The van der Waals surface area contributed by atoms with E-state index < -0.39 is 10.0 Å². The Morgan fingerprint density at radius 3 is 2.53 bits per heavy atom. The number of carbonyl (C=O) groups excluding carboxylic acids is 1. The van der Waals surface area contributed by atoms with Crippen molar-refractivity contribution < 1.29 is 17.9 Å². The Hall–Kier alpha value is -2.59. The molecule has 0 bridgehead atoms. The van der Waals surface area contributed by atoms with Gasteiger partial charge in [0.15, 0.2) is 0 Å². The van der Waals surface area contributed by atoms with Crippen molar-refractivity contribution in [2.24, 2.45) is 0 Å². The van der Waals surface area contributed by atoms with Crippen LogP contribution in [0, 0.1) is 6.92 Å². The number of nitrogens with zero attached hydrogens (tertiary/aromatic N) is 2. The van der Waals surface area contributed by atoms with E-state index in [1.807, 2.05) is 30.5 Å². The van der Waals surface area contributed by atoms with Crippen LogP contribution in [0.2, 0.25) is 0 Å². The Labute approximate surface area is 179 Å². The molecule has 1 saturated heterocycles. The fourth-order valence-corrected chi connectivity index (χ4v) is 5.20. The summed E-state index contributed by atoms with van der Waals surface area (Å²) in [6.07, 6.45) is 0. The maximum absolute atomic E-state index is 12.7. The van der Waals surface area contributed by atoms with E-state index in [1.54, 1.807) is 17.4 Å². The first-order valence-corrected chi connectivity index (χ1v) is 11.8. The summed E-state index contributed by atoms with van der Waals surface area (Å²) in [7, 11) is -3.58. The summed E-state index contributed by atoms with van der Waals surface area (Å²) >= 11 is 1.57. The first kappa shape index (κ1) is 20.7. The number of rotatable bonds is 5. The molecule has 1 amide bonds. The van der Waals surface area contributed by atoms with E-state index in [0.29, 0.717) is 37.6 Å². The molecule has 0 unspecified atom stereocenters. The van der Waals surface area contributed by atoms with Gasteiger partial charge in [-0.3, -0.25) is 4.79 Å². The second-order valence-corrected chi connectivity index (χ2v) is 9.83. The molecular formula is C21H21N3O4S2. The van der Waals surface area contributed by atoms with E-state index in [4.69, 9.17) is 4.74 Å². The average molecular weight is 444 g/mol. The molecule has 0 spiro atoms. The third-order valence-corrected chi connectivity index (χ3v) is 7.45. The number of nitrogens with one attached hydrogen (secondary N) is 1. The van der Waals surface area contributed by atoms with Crippen LogP contribution in [0.3, 0.4) is 0 Å². The highest BCUT2D eigenvalue weighted by atomic mass is 32.2. The molecular weight excluding hydrogens is 422 g/mol. The fraction of sp³-hybridized carbons (Fsp3) is 0.238. The number of morpholine rings is 1. The molecule has 1 aliphatic rings. The summed E-state index contributed by atoms with van der Waals surface area (Å²) in [6, 6.07) is 13.4. The Bertz CT molecular complexity index is 1150.